The Hall–Kier alpha value is -7.94. The van der Waals surface area contributed by atoms with Crippen molar-refractivity contribution in [3.63, 3.8) is 0 Å². The average Bonchev–Trinajstić information content (AvgIpc) is 3.63. The predicted octanol–water partition coefficient (Wildman–Crippen LogP) is 16.4. The van der Waals surface area contributed by atoms with Gasteiger partial charge in [0.05, 0.1) is 30.2 Å². The van der Waals surface area contributed by atoms with E-state index in [1.807, 2.05) is 78.9 Å². The molecule has 0 saturated carbocycles. The summed E-state index contributed by atoms with van der Waals surface area (Å²) in [5, 5.41) is 1.84. The second-order valence-corrected chi connectivity index (χ2v) is 13.6. The highest BCUT2D eigenvalue weighted by Gasteiger charge is 2.24. The van der Waals surface area contributed by atoms with Crippen molar-refractivity contribution >= 4 is 27.8 Å². The van der Waals surface area contributed by atoms with E-state index in [9.17, 15) is 16.4 Å². The van der Waals surface area contributed by atoms with Gasteiger partial charge in [-0.2, -0.15) is 0 Å². The molecule has 1 aliphatic rings. The van der Waals surface area contributed by atoms with Gasteiger partial charge in [-0.1, -0.05) is 176 Å². The van der Waals surface area contributed by atoms with E-state index < -0.39 is 172 Å². The summed E-state index contributed by atoms with van der Waals surface area (Å²) in [5.41, 5.74) is -1.19. The largest absolute Gasteiger partial charge is 0.456 e. The van der Waals surface area contributed by atoms with Crippen LogP contribution in [0.4, 0.5) is 17.1 Å². The fourth-order valence-corrected chi connectivity index (χ4v) is 7.25. The van der Waals surface area contributed by atoms with Crippen LogP contribution in [0.15, 0.2) is 236 Å². The SMILES string of the molecule is [2H]c1c([2H])c([2H])c(-c2c([2H])c([2H])c(N(c3c([2H])c([2H])c(-c4ccc5c(c4)Oc4ccc6ccccc6c4-c4cc(-c6ccccc6)ccc4-5)c([2H])c3[2H])c3c([2H])c([2H])c(-c4c([2H])c([2H])c([2H])c([2H])c4[2H])c([2H])c3[2H])c([2H])c2[2H])c([2H])c1[2H]. The number of fused-ring (bicyclic) bond motifs is 7. The lowest BCUT2D eigenvalue weighted by molar-refractivity contribution is 0.488. The zero-order chi connectivity index (χ0) is 59.0. The molecule has 2 heteroatoms. The van der Waals surface area contributed by atoms with E-state index >= 15 is 0 Å². The van der Waals surface area contributed by atoms with Crippen LogP contribution < -0.4 is 9.64 Å². The first-order chi connectivity index (χ1) is 38.9. The molecule has 0 N–H and O–H groups in total. The molecule has 1 aliphatic heterocycles. The fourth-order valence-electron chi connectivity index (χ4n) is 7.25. The lowest BCUT2D eigenvalue weighted by Crippen LogP contribution is -2.09. The minimum atomic E-state index is -1.12. The van der Waals surface area contributed by atoms with Gasteiger partial charge >= 0.3 is 0 Å². The molecule has 0 atom stereocenters. The fraction of sp³-hybridized carbons (Fsp3) is 0. The second kappa shape index (κ2) is 15.1. The van der Waals surface area contributed by atoms with Crippen molar-refractivity contribution in [2.45, 2.75) is 0 Å². The number of hydrogen-bond acceptors (Lipinski definition) is 2. The van der Waals surface area contributed by atoms with Crippen LogP contribution in [0.3, 0.4) is 0 Å². The van der Waals surface area contributed by atoms with Crippen molar-refractivity contribution in [1.29, 1.82) is 0 Å². The van der Waals surface area contributed by atoms with Crippen LogP contribution in [0.2, 0.25) is 0 Å². The average molecular weight is 788 g/mol. The third-order valence-corrected chi connectivity index (χ3v) is 10.1. The molecule has 0 aliphatic carbocycles. The van der Waals surface area contributed by atoms with E-state index in [0.29, 0.717) is 16.2 Å². The standard InChI is InChI=1S/C58H39NO/c1-4-12-40(13-5-1)43-20-29-49(30-21-43)59(50-31-22-44(23-32-50)41-14-6-2-7-15-41)51-33-24-45(25-34-51)48-27-36-54-53-35-26-47(42-16-8-3-9-17-42)38-55(53)58-52-19-11-10-18-46(52)28-37-56(58)60-57(54)39-48/h1-39H/i1D,2D,4D,5D,6D,7D,12D,13D,14D,15D,20D,21D,22D,23D,24D,25D,29D,30D,31D,32D,33D,34D. The Morgan fingerprint density at radius 1 is 0.333 bits per heavy atom. The number of ether oxygens (including phenoxy) is 1. The van der Waals surface area contributed by atoms with Crippen molar-refractivity contribution in [2.75, 3.05) is 4.90 Å². The number of rotatable bonds is 7. The molecule has 282 valence electrons. The molecule has 60 heavy (non-hydrogen) atoms. The second-order valence-electron chi connectivity index (χ2n) is 13.6. The first-order valence-corrected chi connectivity index (χ1v) is 18.7. The van der Waals surface area contributed by atoms with Crippen molar-refractivity contribution < 1.29 is 34.9 Å². The molecule has 0 spiro atoms. The molecular formula is C58H39NO. The number of nitrogens with zero attached hydrogens (tertiary/aromatic N) is 1. The molecule has 11 rings (SSSR count). The highest BCUT2D eigenvalue weighted by molar-refractivity contribution is 6.06. The molecule has 2 nitrogen and oxygen atoms in total. The van der Waals surface area contributed by atoms with Gasteiger partial charge in [0, 0.05) is 28.2 Å². The molecule has 0 saturated heterocycles. The summed E-state index contributed by atoms with van der Waals surface area (Å²) in [6, 6.07) is 11.4. The molecule has 0 radical (unpaired) electrons. The Kier molecular flexibility index (Phi) is 4.83. The van der Waals surface area contributed by atoms with Gasteiger partial charge in [-0.05, 0) is 127 Å². The van der Waals surface area contributed by atoms with Gasteiger partial charge in [0.15, 0.2) is 0 Å². The zero-order valence-electron chi connectivity index (χ0n) is 53.2. The lowest BCUT2D eigenvalue weighted by Gasteiger charge is -2.26. The van der Waals surface area contributed by atoms with Crippen LogP contribution >= 0.6 is 0 Å². The van der Waals surface area contributed by atoms with Gasteiger partial charge in [-0.3, -0.25) is 0 Å². The summed E-state index contributed by atoms with van der Waals surface area (Å²) in [5.74, 6) is 0.745. The lowest BCUT2D eigenvalue weighted by atomic mass is 9.88. The van der Waals surface area contributed by atoms with Crippen LogP contribution in [0.25, 0.3) is 77.5 Å². The van der Waals surface area contributed by atoms with E-state index in [0.717, 1.165) is 38.6 Å². The molecule has 10 aromatic rings. The van der Waals surface area contributed by atoms with Gasteiger partial charge < -0.3 is 9.64 Å². The molecule has 0 aromatic heterocycles. The molecule has 0 bridgehead atoms. The number of benzene rings is 10. The Morgan fingerprint density at radius 2 is 0.833 bits per heavy atom. The van der Waals surface area contributed by atoms with Crippen molar-refractivity contribution in [2.24, 2.45) is 0 Å². The number of anilines is 3. The minimum absolute atomic E-state index is 0.111. The van der Waals surface area contributed by atoms with E-state index in [1.165, 1.54) is 0 Å². The molecule has 0 unspecified atom stereocenters. The van der Waals surface area contributed by atoms with Gasteiger partial charge in [-0.25, -0.2) is 0 Å². The maximum Gasteiger partial charge on any atom is 0.135 e. The summed E-state index contributed by atoms with van der Waals surface area (Å²) in [6.07, 6.45) is 0. The van der Waals surface area contributed by atoms with Crippen LogP contribution in [-0.2, 0) is 0 Å². The van der Waals surface area contributed by atoms with Gasteiger partial charge in [0.2, 0.25) is 0 Å². The molecule has 10 aromatic carbocycles. The smallest absolute Gasteiger partial charge is 0.135 e. The molecule has 1 heterocycles. The summed E-state index contributed by atoms with van der Waals surface area (Å²) in [6.45, 7) is 0. The van der Waals surface area contributed by atoms with Crippen LogP contribution in [0.5, 0.6) is 11.5 Å². The Balaban J connectivity index is 1.16. The maximum atomic E-state index is 9.72. The highest BCUT2D eigenvalue weighted by atomic mass is 16.5. The maximum absolute atomic E-state index is 9.72. The summed E-state index contributed by atoms with van der Waals surface area (Å²) >= 11 is 0. The first kappa shape index (κ1) is 19.2. The van der Waals surface area contributed by atoms with E-state index in [4.69, 9.17) is 18.4 Å². The predicted molar refractivity (Wildman–Crippen MR) is 251 cm³/mol. The first-order valence-electron chi connectivity index (χ1n) is 29.7. The van der Waals surface area contributed by atoms with E-state index in [-0.39, 0.29) is 16.9 Å². The summed E-state index contributed by atoms with van der Waals surface area (Å²) < 4.78 is 205. The summed E-state index contributed by atoms with van der Waals surface area (Å²) in [7, 11) is 0. The van der Waals surface area contributed by atoms with E-state index in [2.05, 4.69) is 6.07 Å². The highest BCUT2D eigenvalue weighted by Crippen LogP contribution is 2.51. The van der Waals surface area contributed by atoms with Crippen LogP contribution in [-0.4, -0.2) is 0 Å². The van der Waals surface area contributed by atoms with Crippen LogP contribution in [0, 0.1) is 0 Å². The third kappa shape index (κ3) is 6.51. The van der Waals surface area contributed by atoms with E-state index in [1.54, 1.807) is 18.2 Å². The normalized spacial score (nSPS) is 16.6. The Labute approximate surface area is 381 Å². The Morgan fingerprint density at radius 3 is 1.43 bits per heavy atom. The van der Waals surface area contributed by atoms with Crippen LogP contribution in [0.1, 0.15) is 30.2 Å². The minimum Gasteiger partial charge on any atom is -0.456 e. The monoisotopic (exact) mass is 787 g/mol. The van der Waals surface area contributed by atoms with Gasteiger partial charge in [0.1, 0.15) is 11.5 Å². The zero-order valence-corrected chi connectivity index (χ0v) is 31.2. The molecule has 0 amide bonds. The molecule has 0 fully saturated rings. The van der Waals surface area contributed by atoms with Crippen molar-refractivity contribution in [1.82, 2.24) is 0 Å². The van der Waals surface area contributed by atoms with Crippen molar-refractivity contribution in [3.05, 3.63) is 236 Å². The van der Waals surface area contributed by atoms with Gasteiger partial charge in [-0.15, -0.1) is 0 Å². The quantitative estimate of drug-likeness (QED) is 0.160. The molecular weight excluding hydrogens is 727 g/mol. The van der Waals surface area contributed by atoms with Gasteiger partial charge in [0.25, 0.3) is 0 Å². The number of hydrogen-bond donors (Lipinski definition) is 0. The van der Waals surface area contributed by atoms with Crippen molar-refractivity contribution in [3.8, 4) is 78.3 Å². The third-order valence-electron chi connectivity index (χ3n) is 10.1. The topological polar surface area (TPSA) is 12.5 Å². The Bertz CT molecular complexity index is 4190. The summed E-state index contributed by atoms with van der Waals surface area (Å²) in [4.78, 5) is 0.492.